The van der Waals surface area contributed by atoms with Crippen LogP contribution in [-0.4, -0.2) is 119 Å². The van der Waals surface area contributed by atoms with E-state index in [2.05, 4.69) is 52.1 Å². The van der Waals surface area contributed by atoms with E-state index >= 15 is 0 Å². The fourth-order valence-electron chi connectivity index (χ4n) is 8.70. The van der Waals surface area contributed by atoms with Crippen molar-refractivity contribution in [3.63, 3.8) is 0 Å². The van der Waals surface area contributed by atoms with Crippen LogP contribution in [-0.2, 0) is 14.4 Å². The van der Waals surface area contributed by atoms with Gasteiger partial charge in [0.2, 0.25) is 17.7 Å². The number of anilines is 3. The maximum absolute atomic E-state index is 14.9. The number of imide groups is 2. The summed E-state index contributed by atoms with van der Waals surface area (Å²) in [7, 11) is 1.41. The highest BCUT2D eigenvalue weighted by Gasteiger charge is 2.44. The first-order valence-corrected chi connectivity index (χ1v) is 22.8. The minimum absolute atomic E-state index is 0.00456. The molecule has 3 aromatic carbocycles. The Bertz CT molecular complexity index is 2840. The normalized spacial score (nSPS) is 15.9. The maximum atomic E-state index is 14.9. The monoisotopic (exact) mass is 935 g/mol. The molecule has 69 heavy (non-hydrogen) atoms. The molecule has 19 heteroatoms. The summed E-state index contributed by atoms with van der Waals surface area (Å²) in [6, 6.07) is 19.1. The first-order valence-electron chi connectivity index (χ1n) is 22.8. The second-order valence-electron chi connectivity index (χ2n) is 16.8. The number of halogens is 1. The van der Waals surface area contributed by atoms with Gasteiger partial charge in [-0.3, -0.25) is 48.9 Å². The third-order valence-electron chi connectivity index (χ3n) is 12.3. The van der Waals surface area contributed by atoms with E-state index in [0.717, 1.165) is 42.6 Å². The van der Waals surface area contributed by atoms with E-state index in [1.54, 1.807) is 54.9 Å². The maximum Gasteiger partial charge on any atom is 0.274 e. The Hall–Kier alpha value is -8.11. The van der Waals surface area contributed by atoms with E-state index in [1.165, 1.54) is 31.5 Å². The lowest BCUT2D eigenvalue weighted by molar-refractivity contribution is -0.136. The van der Waals surface area contributed by atoms with E-state index in [0.29, 0.717) is 67.5 Å². The van der Waals surface area contributed by atoms with Crippen LogP contribution >= 0.6 is 0 Å². The molecule has 1 unspecified atom stereocenters. The van der Waals surface area contributed by atoms with Crippen LogP contribution in [0.4, 0.5) is 21.5 Å². The summed E-state index contributed by atoms with van der Waals surface area (Å²) >= 11 is 0. The second kappa shape index (κ2) is 21.7. The van der Waals surface area contributed by atoms with Crippen molar-refractivity contribution >= 4 is 52.5 Å². The van der Waals surface area contributed by atoms with Gasteiger partial charge in [-0.15, -0.1) is 0 Å². The number of fused-ring (bicyclic) bond motifs is 1. The number of hydrogen-bond acceptors (Lipinski definition) is 14. The molecule has 3 aliphatic heterocycles. The van der Waals surface area contributed by atoms with Crippen LogP contribution in [0.2, 0.25) is 0 Å². The lowest BCUT2D eigenvalue weighted by Crippen LogP contribution is -2.54. The molecule has 8 rings (SSSR count). The average Bonchev–Trinajstić information content (AvgIpc) is 3.60. The highest BCUT2D eigenvalue weighted by molar-refractivity contribution is 6.23. The number of aromatic nitrogens is 3. The van der Waals surface area contributed by atoms with Crippen molar-refractivity contribution in [1.82, 2.24) is 35.4 Å². The minimum Gasteiger partial charge on any atom is -0.496 e. The summed E-state index contributed by atoms with van der Waals surface area (Å²) in [6.07, 6.45) is 9.32. The molecule has 3 aliphatic rings. The molecular weight excluding hydrogens is 886 g/mol. The lowest BCUT2D eigenvalue weighted by Gasteiger charge is -2.36. The van der Waals surface area contributed by atoms with Gasteiger partial charge in [0.15, 0.2) is 5.82 Å². The molecule has 0 spiro atoms. The fourth-order valence-corrected chi connectivity index (χ4v) is 8.70. The van der Waals surface area contributed by atoms with E-state index in [1.807, 2.05) is 6.07 Å². The lowest BCUT2D eigenvalue weighted by atomic mass is 10.0. The SMILES string of the molecule is COc1cccc(F)c1-c1nccc(C(=O)Nc2ccc(-c3cnccc3C#N)cc2N2CCN(CC(=O)NCCCCCCCNc3ccc4c(c3)C(=O)N(C3CCC(=O)NC3=O)C4=O)CC2)n1. The van der Waals surface area contributed by atoms with Crippen molar-refractivity contribution in [3.05, 3.63) is 114 Å². The Morgan fingerprint density at radius 3 is 2.45 bits per heavy atom. The van der Waals surface area contributed by atoms with Crippen molar-refractivity contribution in [3.8, 4) is 34.3 Å². The summed E-state index contributed by atoms with van der Waals surface area (Å²) in [5.41, 5.74) is 4.24. The number of benzene rings is 3. The molecule has 1 atom stereocenters. The molecule has 4 N–H and O–H groups in total. The summed E-state index contributed by atoms with van der Waals surface area (Å²) in [6.45, 7) is 3.71. The van der Waals surface area contributed by atoms with Crippen LogP contribution in [0.25, 0.3) is 22.5 Å². The van der Waals surface area contributed by atoms with E-state index in [-0.39, 0.29) is 59.3 Å². The number of hydrogen-bond donors (Lipinski definition) is 4. The molecule has 5 aromatic rings. The third kappa shape index (κ3) is 10.9. The smallest absolute Gasteiger partial charge is 0.274 e. The number of unbranched alkanes of at least 4 members (excludes halogenated alkanes) is 4. The second-order valence-corrected chi connectivity index (χ2v) is 16.8. The number of nitriles is 1. The van der Waals surface area contributed by atoms with Gasteiger partial charge in [-0.2, -0.15) is 5.26 Å². The number of ether oxygens (including phenoxy) is 1. The van der Waals surface area contributed by atoms with Crippen molar-refractivity contribution in [1.29, 1.82) is 5.26 Å². The summed E-state index contributed by atoms with van der Waals surface area (Å²) in [4.78, 5) is 94.7. The Labute approximate surface area is 397 Å². The number of methoxy groups -OCH3 is 1. The predicted octanol–water partition coefficient (Wildman–Crippen LogP) is 5.18. The van der Waals surface area contributed by atoms with Crippen molar-refractivity contribution < 1.29 is 37.9 Å². The van der Waals surface area contributed by atoms with Gasteiger partial charge < -0.3 is 25.6 Å². The number of carbonyl (C=O) groups is 6. The van der Waals surface area contributed by atoms with Crippen molar-refractivity contribution in [2.45, 2.75) is 51.0 Å². The molecule has 0 radical (unpaired) electrons. The largest absolute Gasteiger partial charge is 0.496 e. The Morgan fingerprint density at radius 2 is 1.67 bits per heavy atom. The molecule has 0 saturated carbocycles. The Morgan fingerprint density at radius 1 is 0.884 bits per heavy atom. The number of piperazine rings is 1. The van der Waals surface area contributed by atoms with E-state index in [4.69, 9.17) is 4.74 Å². The van der Waals surface area contributed by atoms with Crippen LogP contribution in [0.3, 0.4) is 0 Å². The van der Waals surface area contributed by atoms with Crippen LogP contribution < -0.4 is 30.9 Å². The van der Waals surface area contributed by atoms with Gasteiger partial charge in [-0.05, 0) is 79.4 Å². The van der Waals surface area contributed by atoms with Gasteiger partial charge in [-0.25, -0.2) is 14.4 Å². The molecule has 6 amide bonds. The quantitative estimate of drug-likeness (QED) is 0.0656. The standard InChI is InChI=1S/C50H50FN11O7/c1-69-42-9-7-8-37(51)45(42)46-56-21-17-39(57-46)47(65)58-38-13-10-31(36-29-53-20-16-32(36)28-52)26-41(38)61-24-22-60(23-25-61)30-44(64)55-19-6-4-2-3-5-18-54-33-11-12-34-35(27-33)50(68)62(49(34)67)40-14-15-43(63)59-48(40)66/h7-13,16-17,20-21,26-27,29,40,54H,2-6,14-15,18-19,22-25,30H2,1H3,(H,55,64)(H,58,65)(H,59,63,66). The predicted molar refractivity (Wildman–Crippen MR) is 253 cm³/mol. The number of pyridine rings is 1. The molecule has 2 aromatic heterocycles. The fraction of sp³-hybridized carbons (Fsp3) is 0.320. The molecule has 2 saturated heterocycles. The van der Waals surface area contributed by atoms with Crippen LogP contribution in [0.1, 0.15) is 81.7 Å². The first-order chi connectivity index (χ1) is 33.5. The summed E-state index contributed by atoms with van der Waals surface area (Å²) < 4.78 is 20.2. The Balaban J connectivity index is 0.785. The number of piperidine rings is 1. The molecule has 2 fully saturated rings. The Kier molecular flexibility index (Phi) is 14.9. The van der Waals surface area contributed by atoms with Crippen LogP contribution in [0.15, 0.2) is 85.3 Å². The average molecular weight is 936 g/mol. The van der Waals surface area contributed by atoms with Crippen molar-refractivity contribution in [2.75, 3.05) is 68.5 Å². The van der Waals surface area contributed by atoms with Gasteiger partial charge in [-0.1, -0.05) is 31.4 Å². The summed E-state index contributed by atoms with van der Waals surface area (Å²) in [5.74, 6) is -3.11. The molecule has 0 bridgehead atoms. The number of nitrogens with zero attached hydrogens (tertiary/aromatic N) is 7. The molecule has 5 heterocycles. The molecule has 18 nitrogen and oxygen atoms in total. The number of carbonyl (C=O) groups excluding carboxylic acids is 6. The van der Waals surface area contributed by atoms with Crippen LogP contribution in [0.5, 0.6) is 5.75 Å². The third-order valence-corrected chi connectivity index (χ3v) is 12.3. The summed E-state index contributed by atoms with van der Waals surface area (Å²) in [5, 5.41) is 21.4. The highest BCUT2D eigenvalue weighted by Crippen LogP contribution is 2.35. The number of nitrogens with one attached hydrogen (secondary N) is 4. The van der Waals surface area contributed by atoms with Crippen molar-refractivity contribution in [2.24, 2.45) is 0 Å². The van der Waals surface area contributed by atoms with E-state index in [9.17, 15) is 38.4 Å². The zero-order valence-corrected chi connectivity index (χ0v) is 37.9. The molecule has 354 valence electrons. The molecule has 0 aliphatic carbocycles. The zero-order valence-electron chi connectivity index (χ0n) is 37.9. The number of amides is 6. The molecular formula is C50H50FN11O7. The van der Waals surface area contributed by atoms with Crippen LogP contribution in [0, 0.1) is 17.1 Å². The van der Waals surface area contributed by atoms with Gasteiger partial charge >= 0.3 is 0 Å². The number of rotatable bonds is 18. The van der Waals surface area contributed by atoms with Gasteiger partial charge in [0, 0.05) is 75.5 Å². The van der Waals surface area contributed by atoms with E-state index < -0.39 is 41.4 Å². The van der Waals surface area contributed by atoms with Gasteiger partial charge in [0.1, 0.15) is 23.3 Å². The highest BCUT2D eigenvalue weighted by atomic mass is 19.1. The zero-order chi connectivity index (χ0) is 48.4. The van der Waals surface area contributed by atoms with Gasteiger partial charge in [0.05, 0.1) is 53.4 Å². The first kappa shape index (κ1) is 47.4. The minimum atomic E-state index is -1.01. The van der Waals surface area contributed by atoms with Gasteiger partial charge in [0.25, 0.3) is 17.7 Å². The topological polar surface area (TPSA) is 232 Å².